The van der Waals surface area contributed by atoms with E-state index < -0.39 is 71.4 Å². The number of hydrazine groups is 10. The number of nitrogens with one attached hydrogen (secondary N) is 10. The Morgan fingerprint density at radius 3 is 0.564 bits per heavy atom. The maximum absolute atomic E-state index is 13.0. The first-order chi connectivity index (χ1) is 71.6. The number of hydrogen-bond acceptors (Lipinski definition) is 20. The van der Waals surface area contributed by atoms with Gasteiger partial charge in [-0.15, -0.1) is 0 Å². The summed E-state index contributed by atoms with van der Waals surface area (Å²) in [5.74, 6) is -5.68. The molecular weight excluding hydrogens is 2070 g/mol. The highest BCUT2D eigenvalue weighted by molar-refractivity contribution is 7.82. The average Bonchev–Trinajstić information content (AvgIpc) is 0.829. The highest BCUT2D eigenvalue weighted by Crippen LogP contribution is 2.22. The van der Waals surface area contributed by atoms with Crippen LogP contribution in [0.2, 0.25) is 0 Å². The molecule has 0 aliphatic rings. The zero-order valence-corrected chi connectivity index (χ0v) is 91.0. The number of amides is 10. The van der Waals surface area contributed by atoms with Crippen LogP contribution >= 0.6 is 122 Å². The molecule has 0 aliphatic heterocycles. The van der Waals surface area contributed by atoms with Gasteiger partial charge in [-0.05, 0) is 82.6 Å². The van der Waals surface area contributed by atoms with Crippen molar-refractivity contribution in [2.75, 3.05) is 61.3 Å². The van der Waals surface area contributed by atoms with Gasteiger partial charge in [0.1, 0.15) is 71.5 Å². The molecule has 12 rings (SSSR count). The molecule has 0 aliphatic carbocycles. The van der Waals surface area contributed by atoms with Crippen LogP contribution in [0.5, 0.6) is 0 Å². The summed E-state index contributed by atoms with van der Waals surface area (Å²) >= 11 is 54.0. The summed E-state index contributed by atoms with van der Waals surface area (Å²) < 4.78 is 0. The van der Waals surface area contributed by atoms with Crippen LogP contribution in [0.25, 0.3) is 0 Å². The van der Waals surface area contributed by atoms with E-state index in [1.807, 2.05) is 378 Å². The summed E-state index contributed by atoms with van der Waals surface area (Å²) in [5.41, 5.74) is 35.9. The van der Waals surface area contributed by atoms with Crippen molar-refractivity contribution >= 4 is 254 Å². The first-order valence-electron chi connectivity index (χ1n) is 46.2. The van der Waals surface area contributed by atoms with E-state index in [4.69, 9.17) is 122 Å². The zero-order chi connectivity index (χ0) is 108. The number of hydrogen-bond donors (Lipinski definition) is 10. The molecular formula is C109H112N20O10S10. The molecule has 0 heterocycles. The average molecular weight is 2180 g/mol. The summed E-state index contributed by atoms with van der Waals surface area (Å²) in [6.07, 6.45) is -1.19. The number of anilines is 4. The summed E-state index contributed by atoms with van der Waals surface area (Å²) in [6, 6.07) is 111. The molecule has 0 atom stereocenters. The summed E-state index contributed by atoms with van der Waals surface area (Å²) in [4.78, 5) is 129. The van der Waals surface area contributed by atoms with Gasteiger partial charge in [-0.3, -0.25) is 132 Å². The number of para-hydroxylation sites is 4. The molecule has 0 bridgehead atoms. The summed E-state index contributed by atoms with van der Waals surface area (Å²) in [7, 11) is 6.55. The first kappa shape index (κ1) is 118. The Morgan fingerprint density at radius 1 is 0.208 bits per heavy atom. The number of rotatable bonds is 25. The van der Waals surface area contributed by atoms with E-state index >= 15 is 0 Å². The van der Waals surface area contributed by atoms with Gasteiger partial charge in [0.15, 0.2) is 0 Å². The number of thiocarbonyl (C=S) groups is 10. The predicted molar refractivity (Wildman–Crippen MR) is 627 cm³/mol. The molecule has 149 heavy (non-hydrogen) atoms. The molecule has 768 valence electrons. The van der Waals surface area contributed by atoms with Crippen LogP contribution < -0.4 is 74.3 Å². The Hall–Kier alpha value is -15.8. The quantitative estimate of drug-likeness (QED) is 0.0144. The number of carbonyl (C=O) groups excluding carboxylic acids is 10. The van der Waals surface area contributed by atoms with Crippen LogP contribution in [0.15, 0.2) is 364 Å². The van der Waals surface area contributed by atoms with Crippen LogP contribution in [0.3, 0.4) is 0 Å². The second-order valence-electron chi connectivity index (χ2n) is 31.7. The minimum atomic E-state index is -0.892. The molecule has 30 nitrogen and oxygen atoms in total. The standard InChI is InChI=1S/C29H24N4O2S2.2C21H24N4O2S2.2C19H20N4O2S2/c34-26(30-32(24-17-9-3-10-18-24)28(36)22-13-5-1-6-14-22)21-27(35)31-33(25-19-11-4-12-20-25)29(37)23-15-7-2-8-16-23;1-4-17(18(26)22-24(2)20(28)15-11-7-5-8-12-15)19(27)23-25(3)21(29)16-13-9-6-10-14-16;1-3-24(20(28)16-11-7-5-8-12-16)22-18(26)15-19(27)23-25(4-2)21(29)17-13-9-6-10-14-17;1-22(18(26)14-9-5-3-6-10-14)20-16(24)13-17(25)21-23(2)19(27)15-11-7-4-8-12-15;1-14(26)22(16-9-5-3-6-10-16)20-18(24)13-19(25)21-23(15(2)27)17-11-7-4-8-12-17/h1-20H,21H2,(H,30,34)(H,31,35);5-14,17H,4H2,1-3H3,(H,22,26)(H,23,27);5-14H,3-4,15H2,1-2H3,(H,22,26)(H,23,27);2*3-12H,13H2,1-2H3,(H,20,24)(H,21,25). The van der Waals surface area contributed by atoms with Crippen LogP contribution in [-0.2, 0) is 47.9 Å². The van der Waals surface area contributed by atoms with Crippen LogP contribution in [0.1, 0.15) is 111 Å². The van der Waals surface area contributed by atoms with E-state index in [2.05, 4.69) is 54.3 Å². The number of nitrogens with zero attached hydrogens (tertiary/aromatic N) is 10. The van der Waals surface area contributed by atoms with Crippen molar-refractivity contribution < 1.29 is 47.9 Å². The van der Waals surface area contributed by atoms with Gasteiger partial charge in [-0.2, -0.15) is 0 Å². The van der Waals surface area contributed by atoms with Crippen LogP contribution in [0.4, 0.5) is 22.7 Å². The van der Waals surface area contributed by atoms with Crippen molar-refractivity contribution in [1.82, 2.24) is 84.3 Å². The topological polar surface area (TPSA) is 323 Å². The monoisotopic (exact) mass is 2180 g/mol. The first-order valence-corrected chi connectivity index (χ1v) is 50.3. The molecule has 0 spiro atoms. The van der Waals surface area contributed by atoms with Crippen molar-refractivity contribution in [2.45, 2.75) is 66.7 Å². The van der Waals surface area contributed by atoms with E-state index in [1.165, 1.54) is 40.1 Å². The molecule has 40 heteroatoms. The summed E-state index contributed by atoms with van der Waals surface area (Å²) in [5, 5.41) is 14.8. The largest absolute Gasteiger partial charge is 0.277 e. The van der Waals surface area contributed by atoms with Gasteiger partial charge < -0.3 is 0 Å². The Balaban J connectivity index is 0.000000228. The fourth-order valence-electron chi connectivity index (χ4n) is 13.2. The highest BCUT2D eigenvalue weighted by atomic mass is 32.1. The van der Waals surface area contributed by atoms with Crippen molar-refractivity contribution in [1.29, 1.82) is 0 Å². The lowest BCUT2D eigenvalue weighted by atomic mass is 10.1. The van der Waals surface area contributed by atoms with Crippen LogP contribution in [-0.4, -0.2) is 180 Å². The smallest absolute Gasteiger partial charge is 0.251 e. The molecule has 12 aromatic carbocycles. The molecule has 0 fully saturated rings. The van der Waals surface area contributed by atoms with Gasteiger partial charge in [0.2, 0.25) is 47.3 Å². The summed E-state index contributed by atoms with van der Waals surface area (Å²) in [6.45, 7) is 9.83. The highest BCUT2D eigenvalue weighted by Gasteiger charge is 2.30. The fourth-order valence-corrected chi connectivity index (χ4v) is 15.4. The van der Waals surface area contributed by atoms with E-state index in [-0.39, 0.29) is 19.3 Å². The lowest BCUT2D eigenvalue weighted by Crippen LogP contribution is -2.52. The Kier molecular flexibility index (Phi) is 50.0. The normalized spacial score (nSPS) is 10.0. The second kappa shape index (κ2) is 62.9. The predicted octanol–water partition coefficient (Wildman–Crippen LogP) is 15.9. The second-order valence-corrected chi connectivity index (χ2v) is 36.0. The zero-order valence-electron chi connectivity index (χ0n) is 82.8. The molecule has 0 unspecified atom stereocenters. The van der Waals surface area contributed by atoms with Gasteiger partial charge in [0.05, 0.1) is 32.7 Å². The third kappa shape index (κ3) is 39.5. The van der Waals surface area contributed by atoms with Crippen LogP contribution in [0, 0.1) is 5.92 Å². The minimum absolute atomic E-state index is 0.329. The van der Waals surface area contributed by atoms with Crippen molar-refractivity contribution in [2.24, 2.45) is 5.92 Å². The van der Waals surface area contributed by atoms with E-state index in [0.717, 1.165) is 44.5 Å². The SMILES string of the molecule is CC(=S)N(NC(=O)CC(=O)NN(C(C)=S)c1ccccc1)c1ccccc1.CCC(C(=O)NN(C)C(=S)c1ccccc1)C(=O)NN(C)C(=S)c1ccccc1.CCN(NC(=O)CC(=O)NN(CC)C(=S)c1ccccc1)C(=S)c1ccccc1.CN(NC(=O)CC(=O)NN(C)C(=S)c1ccccc1)C(=S)c1ccccc1.O=C(CC(=O)NN(C(=S)c1ccccc1)c1ccccc1)NN(C(=S)c1ccccc1)c1ccccc1. The van der Waals surface area contributed by atoms with E-state index in [1.54, 1.807) is 59.0 Å². The number of benzene rings is 12. The molecule has 10 amide bonds. The maximum Gasteiger partial charge on any atom is 0.251 e. The Labute approximate surface area is 921 Å². The van der Waals surface area contributed by atoms with Gasteiger partial charge >= 0.3 is 0 Å². The maximum atomic E-state index is 13.0. The van der Waals surface area contributed by atoms with Gasteiger partial charge in [-0.25, -0.2) is 20.0 Å². The lowest BCUT2D eigenvalue weighted by molar-refractivity contribution is -0.139. The van der Waals surface area contributed by atoms with Gasteiger partial charge in [0.25, 0.3) is 11.8 Å². The fraction of sp³-hybridized carbons (Fsp3) is 0.156. The van der Waals surface area contributed by atoms with Crippen molar-refractivity contribution in [3.8, 4) is 0 Å². The molecule has 0 aromatic heterocycles. The molecule has 0 radical (unpaired) electrons. The lowest BCUT2D eigenvalue weighted by Gasteiger charge is -2.27. The van der Waals surface area contributed by atoms with Gasteiger partial charge in [0, 0.05) is 85.8 Å². The minimum Gasteiger partial charge on any atom is -0.277 e. The molecule has 0 saturated carbocycles. The van der Waals surface area contributed by atoms with Gasteiger partial charge in [-0.1, -0.05) is 445 Å². The molecule has 12 aromatic rings. The third-order valence-electron chi connectivity index (χ3n) is 20.5. The third-order valence-corrected chi connectivity index (χ3v) is 24.7. The Morgan fingerprint density at radius 2 is 0.369 bits per heavy atom. The Bertz CT molecular complexity index is 6190. The molecule has 0 saturated heterocycles. The van der Waals surface area contributed by atoms with Crippen molar-refractivity contribution in [3.63, 3.8) is 0 Å². The van der Waals surface area contributed by atoms with E-state index in [9.17, 15) is 47.9 Å². The van der Waals surface area contributed by atoms with Crippen molar-refractivity contribution in [3.05, 3.63) is 408 Å². The molecule has 10 N–H and O–H groups in total. The van der Waals surface area contributed by atoms with E-state index in [0.29, 0.717) is 92.1 Å². The number of carbonyl (C=O) groups is 10.